The molecule has 1 atom stereocenters. The first kappa shape index (κ1) is 25.3. The monoisotopic (exact) mass is 502 g/mol. The molecule has 4 aromatic rings. The van der Waals surface area contributed by atoms with Gasteiger partial charge in [0.1, 0.15) is 5.82 Å². The maximum Gasteiger partial charge on any atom is 0.252 e. The third-order valence-corrected chi connectivity index (χ3v) is 7.68. The molecule has 2 aromatic carbocycles. The van der Waals surface area contributed by atoms with Gasteiger partial charge < -0.3 is 4.98 Å². The summed E-state index contributed by atoms with van der Waals surface area (Å²) in [6.07, 6.45) is 6.62. The molecule has 1 unspecified atom stereocenters. The van der Waals surface area contributed by atoms with Crippen LogP contribution in [0.1, 0.15) is 79.6 Å². The maximum atomic E-state index is 13.4. The summed E-state index contributed by atoms with van der Waals surface area (Å²) in [5.41, 5.74) is 4.83. The number of aryl methyl sites for hydroxylation is 2. The number of halogens is 1. The quantitative estimate of drug-likeness (QED) is 0.339. The van der Waals surface area contributed by atoms with Gasteiger partial charge in [0.15, 0.2) is 5.82 Å². The van der Waals surface area contributed by atoms with Gasteiger partial charge >= 0.3 is 0 Å². The van der Waals surface area contributed by atoms with Gasteiger partial charge in [-0.1, -0.05) is 44.4 Å². The van der Waals surface area contributed by atoms with Crippen LogP contribution in [0.4, 0.5) is 4.39 Å². The van der Waals surface area contributed by atoms with Crippen LogP contribution in [0.25, 0.3) is 10.9 Å². The summed E-state index contributed by atoms with van der Waals surface area (Å²) in [6, 6.07) is 13.0. The molecule has 5 rings (SSSR count). The van der Waals surface area contributed by atoms with Crippen LogP contribution in [0.5, 0.6) is 0 Å². The summed E-state index contributed by atoms with van der Waals surface area (Å²) in [7, 11) is 0. The van der Waals surface area contributed by atoms with Crippen LogP contribution in [-0.2, 0) is 13.1 Å². The molecule has 0 aliphatic heterocycles. The second-order valence-corrected chi connectivity index (χ2v) is 10.4. The van der Waals surface area contributed by atoms with Gasteiger partial charge in [0.25, 0.3) is 5.56 Å². The van der Waals surface area contributed by atoms with Gasteiger partial charge in [-0.2, -0.15) is 0 Å². The molecule has 1 N–H and O–H groups in total. The Labute approximate surface area is 216 Å². The van der Waals surface area contributed by atoms with Crippen molar-refractivity contribution in [3.63, 3.8) is 0 Å². The number of H-pyrrole nitrogens is 1. The number of rotatable bonds is 8. The number of hydrogen-bond donors (Lipinski definition) is 1. The fourth-order valence-electron chi connectivity index (χ4n) is 5.83. The molecular formula is C29H35FN6O. The van der Waals surface area contributed by atoms with Crippen molar-refractivity contribution in [2.24, 2.45) is 0 Å². The van der Waals surface area contributed by atoms with Crippen LogP contribution >= 0.6 is 0 Å². The molecule has 194 valence electrons. The Kier molecular flexibility index (Phi) is 7.46. The number of benzene rings is 2. The number of pyridine rings is 1. The minimum atomic E-state index is -0.262. The van der Waals surface area contributed by atoms with Crippen molar-refractivity contribution in [1.29, 1.82) is 0 Å². The highest BCUT2D eigenvalue weighted by molar-refractivity contribution is 5.83. The molecule has 2 aromatic heterocycles. The van der Waals surface area contributed by atoms with E-state index < -0.39 is 0 Å². The van der Waals surface area contributed by atoms with E-state index in [2.05, 4.69) is 51.4 Å². The minimum absolute atomic E-state index is 0.0425. The molecule has 1 aliphatic carbocycles. The van der Waals surface area contributed by atoms with Gasteiger partial charge in [0.2, 0.25) is 0 Å². The van der Waals surface area contributed by atoms with Crippen molar-refractivity contribution in [3.05, 3.63) is 86.7 Å². The smallest absolute Gasteiger partial charge is 0.252 e. The van der Waals surface area contributed by atoms with Crippen molar-refractivity contribution < 1.29 is 4.39 Å². The highest BCUT2D eigenvalue weighted by Crippen LogP contribution is 2.33. The lowest BCUT2D eigenvalue weighted by Gasteiger charge is -2.39. The van der Waals surface area contributed by atoms with Gasteiger partial charge in [0, 0.05) is 29.1 Å². The Morgan fingerprint density at radius 1 is 1.11 bits per heavy atom. The van der Waals surface area contributed by atoms with Gasteiger partial charge in [-0.05, 0) is 84.5 Å². The zero-order valence-electron chi connectivity index (χ0n) is 21.9. The summed E-state index contributed by atoms with van der Waals surface area (Å²) >= 11 is 0. The van der Waals surface area contributed by atoms with Gasteiger partial charge in [-0.15, -0.1) is 5.10 Å². The van der Waals surface area contributed by atoms with Crippen LogP contribution in [0, 0.1) is 19.7 Å². The number of fused-ring (bicyclic) bond motifs is 1. The lowest BCUT2D eigenvalue weighted by molar-refractivity contribution is 0.0844. The van der Waals surface area contributed by atoms with Gasteiger partial charge in [-0.3, -0.25) is 9.69 Å². The molecular weight excluding hydrogens is 467 g/mol. The molecule has 2 heterocycles. The van der Waals surface area contributed by atoms with Crippen molar-refractivity contribution in [1.82, 2.24) is 30.1 Å². The summed E-state index contributed by atoms with van der Waals surface area (Å²) in [4.78, 5) is 18.8. The molecule has 0 radical (unpaired) electrons. The number of aromatic amines is 1. The Bertz CT molecular complexity index is 1420. The third-order valence-electron chi connectivity index (χ3n) is 7.68. The van der Waals surface area contributed by atoms with E-state index >= 15 is 0 Å². The van der Waals surface area contributed by atoms with Crippen molar-refractivity contribution in [3.8, 4) is 0 Å². The average Bonchev–Trinajstić information content (AvgIpc) is 3.34. The summed E-state index contributed by atoms with van der Waals surface area (Å²) in [5.74, 6) is 0.517. The molecule has 0 spiro atoms. The maximum absolute atomic E-state index is 13.4. The molecule has 1 saturated carbocycles. The van der Waals surface area contributed by atoms with Crippen LogP contribution in [-0.4, -0.2) is 36.1 Å². The number of hydrogen-bond acceptors (Lipinski definition) is 5. The molecule has 1 fully saturated rings. The van der Waals surface area contributed by atoms with Crippen LogP contribution in [0.2, 0.25) is 0 Å². The fourth-order valence-corrected chi connectivity index (χ4v) is 5.83. The molecule has 0 saturated heterocycles. The Morgan fingerprint density at radius 2 is 1.86 bits per heavy atom. The second-order valence-electron chi connectivity index (χ2n) is 10.4. The minimum Gasteiger partial charge on any atom is -0.322 e. The van der Waals surface area contributed by atoms with Crippen LogP contribution in [0.15, 0.2) is 47.3 Å². The lowest BCUT2D eigenvalue weighted by atomic mass is 9.92. The summed E-state index contributed by atoms with van der Waals surface area (Å²) in [6.45, 7) is 7.28. The van der Waals surface area contributed by atoms with Crippen LogP contribution < -0.4 is 5.56 Å². The zero-order chi connectivity index (χ0) is 25.9. The van der Waals surface area contributed by atoms with Crippen molar-refractivity contribution in [2.45, 2.75) is 84.5 Å². The van der Waals surface area contributed by atoms with E-state index in [9.17, 15) is 9.18 Å². The number of tetrazole rings is 1. The van der Waals surface area contributed by atoms with E-state index in [0.29, 0.717) is 19.1 Å². The number of aromatic nitrogens is 5. The number of nitrogens with one attached hydrogen (secondary N) is 1. The van der Waals surface area contributed by atoms with E-state index in [0.717, 1.165) is 58.2 Å². The standard InChI is InChI=1S/C29H35FN6O/c1-4-27(28-32-33-34-36(28)17-21-10-12-23(30)13-11-21)35(24-8-6-5-7-9-24)18-22-16-25-20(3)14-19(2)15-26(25)31-29(22)37/h10-16,24,27H,4-9,17-18H2,1-3H3,(H,31,37). The first-order chi connectivity index (χ1) is 17.9. The zero-order valence-corrected chi connectivity index (χ0v) is 21.9. The fraction of sp³-hybridized carbons (Fsp3) is 0.448. The molecule has 0 amide bonds. The average molecular weight is 503 g/mol. The first-order valence-electron chi connectivity index (χ1n) is 13.3. The normalized spacial score (nSPS) is 15.5. The van der Waals surface area contributed by atoms with E-state index in [-0.39, 0.29) is 17.4 Å². The number of nitrogens with zero attached hydrogens (tertiary/aromatic N) is 5. The van der Waals surface area contributed by atoms with Crippen LogP contribution in [0.3, 0.4) is 0 Å². The van der Waals surface area contributed by atoms with Crippen molar-refractivity contribution >= 4 is 10.9 Å². The molecule has 7 nitrogen and oxygen atoms in total. The molecule has 0 bridgehead atoms. The molecule has 1 aliphatic rings. The highest BCUT2D eigenvalue weighted by atomic mass is 19.1. The first-order valence-corrected chi connectivity index (χ1v) is 13.3. The van der Waals surface area contributed by atoms with Gasteiger partial charge in [-0.25, -0.2) is 9.07 Å². The third kappa shape index (κ3) is 5.49. The van der Waals surface area contributed by atoms with E-state index in [1.54, 1.807) is 12.1 Å². The molecule has 37 heavy (non-hydrogen) atoms. The lowest BCUT2D eigenvalue weighted by Crippen LogP contribution is -2.41. The topological polar surface area (TPSA) is 79.7 Å². The molecule has 8 heteroatoms. The second kappa shape index (κ2) is 10.9. The van der Waals surface area contributed by atoms with E-state index in [4.69, 9.17) is 0 Å². The summed E-state index contributed by atoms with van der Waals surface area (Å²) < 4.78 is 15.3. The van der Waals surface area contributed by atoms with Crippen molar-refractivity contribution in [2.75, 3.05) is 0 Å². The predicted octanol–water partition coefficient (Wildman–Crippen LogP) is 5.60. The Morgan fingerprint density at radius 3 is 2.59 bits per heavy atom. The SMILES string of the molecule is CCC(c1nnnn1Cc1ccc(F)cc1)N(Cc1cc2c(C)cc(C)cc2[nH]c1=O)C1CCCCC1. The highest BCUT2D eigenvalue weighted by Gasteiger charge is 2.32. The van der Waals surface area contributed by atoms with Gasteiger partial charge in [0.05, 0.1) is 12.6 Å². The predicted molar refractivity (Wildman–Crippen MR) is 143 cm³/mol. The largest absolute Gasteiger partial charge is 0.322 e. The van der Waals surface area contributed by atoms with E-state index in [1.165, 1.54) is 31.4 Å². The Hall–Kier alpha value is -3.39. The Balaban J connectivity index is 1.51. The van der Waals surface area contributed by atoms with E-state index in [1.807, 2.05) is 17.7 Å². The summed E-state index contributed by atoms with van der Waals surface area (Å²) in [5, 5.41) is 13.8.